The molecule has 12 heteroatoms. The van der Waals surface area contributed by atoms with E-state index in [1.54, 1.807) is 4.68 Å². The number of fused-ring (bicyclic) bond motifs is 1. The van der Waals surface area contributed by atoms with E-state index in [9.17, 15) is 9.59 Å². The van der Waals surface area contributed by atoms with E-state index in [0.29, 0.717) is 17.4 Å². The van der Waals surface area contributed by atoms with Gasteiger partial charge in [-0.3, -0.25) is 9.59 Å². The van der Waals surface area contributed by atoms with Crippen LogP contribution in [0.15, 0.2) is 119 Å². The number of amides is 2. The highest BCUT2D eigenvalue weighted by Gasteiger charge is 2.18. The maximum absolute atomic E-state index is 13.0. The normalized spacial score (nSPS) is 11.1. The second kappa shape index (κ2) is 14.3. The van der Waals surface area contributed by atoms with E-state index in [-0.39, 0.29) is 29.4 Å². The smallest absolute Gasteiger partial charge is 0.234 e. The second-order valence-corrected chi connectivity index (χ2v) is 12.9. The Balaban J connectivity index is 1.03. The van der Waals surface area contributed by atoms with Crippen molar-refractivity contribution in [3.63, 3.8) is 0 Å². The van der Waals surface area contributed by atoms with Crippen LogP contribution in [0.25, 0.3) is 10.2 Å². The van der Waals surface area contributed by atoms with Gasteiger partial charge in [-0.15, -0.1) is 16.4 Å². The number of carbonyl (C=O) groups excluding carboxylic acids is 2. The van der Waals surface area contributed by atoms with Crippen molar-refractivity contribution >= 4 is 62.6 Å². The molecule has 6 aromatic rings. The molecule has 2 heterocycles. The maximum atomic E-state index is 13.0. The van der Waals surface area contributed by atoms with Crippen LogP contribution in [0.1, 0.15) is 22.7 Å². The Morgan fingerprint density at radius 2 is 1.45 bits per heavy atom. The summed E-state index contributed by atoms with van der Waals surface area (Å²) in [4.78, 5) is 30.4. The number of anilines is 1. The van der Waals surface area contributed by atoms with Crippen LogP contribution in [-0.4, -0.2) is 48.5 Å². The van der Waals surface area contributed by atoms with Gasteiger partial charge in [0.25, 0.3) is 0 Å². The Labute approximate surface area is 266 Å². The number of nitrogens with zero attached hydrogens (tertiary/aromatic N) is 5. The van der Waals surface area contributed by atoms with Crippen LogP contribution in [0.5, 0.6) is 0 Å². The highest BCUT2D eigenvalue weighted by molar-refractivity contribution is 8.01. The minimum atomic E-state index is -0.235. The van der Waals surface area contributed by atoms with Gasteiger partial charge in [-0.05, 0) is 45.3 Å². The largest absolute Gasteiger partial charge is 0.344 e. The van der Waals surface area contributed by atoms with Gasteiger partial charge in [0.2, 0.25) is 17.0 Å². The number of carbonyl (C=O) groups is 2. The Kier molecular flexibility index (Phi) is 9.60. The fraction of sp³-hybridized carbons (Fsp3) is 0.125. The van der Waals surface area contributed by atoms with Crippen molar-refractivity contribution in [1.82, 2.24) is 30.5 Å². The molecule has 0 aliphatic rings. The molecule has 2 N–H and O–H groups in total. The van der Waals surface area contributed by atoms with Gasteiger partial charge in [0.1, 0.15) is 0 Å². The molecule has 9 nitrogen and oxygen atoms in total. The molecule has 0 aliphatic heterocycles. The van der Waals surface area contributed by atoms with Crippen molar-refractivity contribution in [1.29, 1.82) is 0 Å². The monoisotopic (exact) mass is 637 g/mol. The Morgan fingerprint density at radius 1 is 0.795 bits per heavy atom. The third-order valence-electron chi connectivity index (χ3n) is 6.56. The SMILES string of the molecule is O=C(CSc1nnnn1Cc1ccccc1)Nc1ccc2nc(SCC(=O)NC(c3ccccc3)c3ccccc3)sc2c1. The van der Waals surface area contributed by atoms with Gasteiger partial charge >= 0.3 is 0 Å². The van der Waals surface area contributed by atoms with E-state index in [1.165, 1.54) is 34.9 Å². The van der Waals surface area contributed by atoms with Crippen LogP contribution in [0.2, 0.25) is 0 Å². The zero-order chi connectivity index (χ0) is 30.1. The third-order valence-corrected chi connectivity index (χ3v) is 9.68. The van der Waals surface area contributed by atoms with Crippen molar-refractivity contribution in [3.05, 3.63) is 126 Å². The molecule has 0 aliphatic carbocycles. The van der Waals surface area contributed by atoms with Crippen molar-refractivity contribution < 1.29 is 9.59 Å². The highest BCUT2D eigenvalue weighted by Crippen LogP contribution is 2.32. The standard InChI is InChI=1S/C32H27N7O2S3/c40-28(20-42-31-36-37-38-39(31)19-22-10-4-1-5-11-22)33-25-16-17-26-27(18-25)44-32(34-26)43-21-29(41)35-30(23-12-6-2-7-13-23)24-14-8-3-9-15-24/h1-18,30H,19-21H2,(H,33,40)(H,35,41). The summed E-state index contributed by atoms with van der Waals surface area (Å²) in [6.45, 7) is 0.530. The van der Waals surface area contributed by atoms with Crippen LogP contribution in [0, 0.1) is 0 Å². The molecule has 44 heavy (non-hydrogen) atoms. The molecule has 0 bridgehead atoms. The molecular weight excluding hydrogens is 611 g/mol. The molecule has 220 valence electrons. The van der Waals surface area contributed by atoms with Crippen molar-refractivity contribution in [2.45, 2.75) is 22.1 Å². The fourth-order valence-electron chi connectivity index (χ4n) is 4.51. The molecule has 0 radical (unpaired) electrons. The quantitative estimate of drug-likeness (QED) is 0.156. The van der Waals surface area contributed by atoms with Crippen LogP contribution in [0.3, 0.4) is 0 Å². The molecule has 2 aromatic heterocycles. The lowest BCUT2D eigenvalue weighted by molar-refractivity contribution is -0.119. The number of rotatable bonds is 12. The highest BCUT2D eigenvalue weighted by atomic mass is 32.2. The van der Waals surface area contributed by atoms with Crippen LogP contribution in [0.4, 0.5) is 5.69 Å². The zero-order valence-electron chi connectivity index (χ0n) is 23.4. The minimum absolute atomic E-state index is 0.0767. The zero-order valence-corrected chi connectivity index (χ0v) is 25.8. The summed E-state index contributed by atoms with van der Waals surface area (Å²) in [7, 11) is 0. The van der Waals surface area contributed by atoms with Gasteiger partial charge in [-0.2, -0.15) is 0 Å². The molecule has 2 amide bonds. The van der Waals surface area contributed by atoms with Crippen molar-refractivity contribution in [2.75, 3.05) is 16.8 Å². The van der Waals surface area contributed by atoms with Crippen LogP contribution >= 0.6 is 34.9 Å². The number of hydrogen-bond acceptors (Lipinski definition) is 9. The lowest BCUT2D eigenvalue weighted by atomic mass is 9.99. The summed E-state index contributed by atoms with van der Waals surface area (Å²) in [6.07, 6.45) is 0. The summed E-state index contributed by atoms with van der Waals surface area (Å²) in [5.74, 6) is 0.164. The fourth-order valence-corrected chi connectivity index (χ4v) is 7.10. The topological polar surface area (TPSA) is 115 Å². The van der Waals surface area contributed by atoms with E-state index < -0.39 is 0 Å². The summed E-state index contributed by atoms with van der Waals surface area (Å²) in [6, 6.07) is 35.2. The molecule has 6 rings (SSSR count). The van der Waals surface area contributed by atoms with Gasteiger partial charge < -0.3 is 10.6 Å². The molecule has 0 unspecified atom stereocenters. The summed E-state index contributed by atoms with van der Waals surface area (Å²) in [5, 5.41) is 18.6. The molecule has 0 fully saturated rings. The number of nitrogens with one attached hydrogen (secondary N) is 2. The molecule has 0 spiro atoms. The van der Waals surface area contributed by atoms with E-state index >= 15 is 0 Å². The first-order valence-electron chi connectivity index (χ1n) is 13.8. The summed E-state index contributed by atoms with van der Waals surface area (Å²) >= 11 is 4.17. The Bertz CT molecular complexity index is 1810. The van der Waals surface area contributed by atoms with E-state index in [1.807, 2.05) is 109 Å². The van der Waals surface area contributed by atoms with Crippen molar-refractivity contribution in [3.8, 4) is 0 Å². The van der Waals surface area contributed by atoms with E-state index in [0.717, 1.165) is 31.2 Å². The average Bonchev–Trinajstić information content (AvgIpc) is 3.69. The number of aromatic nitrogens is 5. The van der Waals surface area contributed by atoms with Gasteiger partial charge in [-0.1, -0.05) is 115 Å². The first-order chi connectivity index (χ1) is 21.6. The number of tetrazole rings is 1. The molecule has 0 saturated carbocycles. The molecule has 0 saturated heterocycles. The number of benzene rings is 4. The first-order valence-corrected chi connectivity index (χ1v) is 16.5. The summed E-state index contributed by atoms with van der Waals surface area (Å²) < 4.78 is 3.39. The number of thiazole rings is 1. The molecular formula is C32H27N7O2S3. The van der Waals surface area contributed by atoms with Crippen molar-refractivity contribution in [2.24, 2.45) is 0 Å². The Morgan fingerprint density at radius 3 is 2.16 bits per heavy atom. The van der Waals surface area contributed by atoms with Gasteiger partial charge in [0.05, 0.1) is 34.3 Å². The predicted octanol–water partition coefficient (Wildman–Crippen LogP) is 6.06. The molecule has 0 atom stereocenters. The predicted molar refractivity (Wildman–Crippen MR) is 176 cm³/mol. The summed E-state index contributed by atoms with van der Waals surface area (Å²) in [5.41, 5.74) is 4.62. The van der Waals surface area contributed by atoms with Gasteiger partial charge in [0, 0.05) is 5.69 Å². The van der Waals surface area contributed by atoms with Crippen LogP contribution < -0.4 is 10.6 Å². The number of hydrogen-bond donors (Lipinski definition) is 2. The Hall–Kier alpha value is -4.52. The minimum Gasteiger partial charge on any atom is -0.344 e. The molecule has 4 aromatic carbocycles. The lowest BCUT2D eigenvalue weighted by Gasteiger charge is -2.19. The second-order valence-electron chi connectivity index (χ2n) is 9.71. The van der Waals surface area contributed by atoms with Gasteiger partial charge in [-0.25, -0.2) is 9.67 Å². The lowest BCUT2D eigenvalue weighted by Crippen LogP contribution is -2.30. The maximum Gasteiger partial charge on any atom is 0.234 e. The van der Waals surface area contributed by atoms with E-state index in [2.05, 4.69) is 31.1 Å². The third kappa shape index (κ3) is 7.70. The van der Waals surface area contributed by atoms with E-state index in [4.69, 9.17) is 0 Å². The first kappa shape index (κ1) is 29.5. The number of thioether (sulfide) groups is 2. The van der Waals surface area contributed by atoms with Gasteiger partial charge in [0.15, 0.2) is 4.34 Å². The average molecular weight is 638 g/mol. The van der Waals surface area contributed by atoms with Crippen LogP contribution in [-0.2, 0) is 16.1 Å².